The van der Waals surface area contributed by atoms with E-state index in [2.05, 4.69) is 0 Å². The first-order valence-corrected chi connectivity index (χ1v) is 8.92. The van der Waals surface area contributed by atoms with Crippen molar-refractivity contribution in [3.05, 3.63) is 23.8 Å². The van der Waals surface area contributed by atoms with Crippen LogP contribution in [0.3, 0.4) is 0 Å². The molecule has 2 amide bonds. The number of ether oxygens (including phenoxy) is 2. The van der Waals surface area contributed by atoms with Crippen LogP contribution in [0.4, 0.5) is 0 Å². The van der Waals surface area contributed by atoms with Gasteiger partial charge in [0.25, 0.3) is 5.91 Å². The summed E-state index contributed by atoms with van der Waals surface area (Å²) < 4.78 is 10.4. The molecular formula is C19H29N3O4. The van der Waals surface area contributed by atoms with Crippen LogP contribution in [-0.2, 0) is 4.79 Å². The molecule has 1 atom stereocenters. The number of rotatable bonds is 6. The fourth-order valence-corrected chi connectivity index (χ4v) is 3.09. The average Bonchev–Trinajstić information content (AvgIpc) is 2.65. The van der Waals surface area contributed by atoms with Gasteiger partial charge in [0.05, 0.1) is 20.3 Å². The number of hydrogen-bond acceptors (Lipinski definition) is 5. The highest BCUT2D eigenvalue weighted by Crippen LogP contribution is 2.24. The molecule has 0 radical (unpaired) electrons. The third-order valence-electron chi connectivity index (χ3n) is 4.52. The molecule has 2 N–H and O–H groups in total. The summed E-state index contributed by atoms with van der Waals surface area (Å²) in [6.07, 6.45) is 0.668. The van der Waals surface area contributed by atoms with Crippen molar-refractivity contribution in [2.75, 3.05) is 40.4 Å². The summed E-state index contributed by atoms with van der Waals surface area (Å²) in [5.74, 6) is 1.39. The molecule has 26 heavy (non-hydrogen) atoms. The summed E-state index contributed by atoms with van der Waals surface area (Å²) in [5, 5.41) is 0. The Kier molecular flexibility index (Phi) is 6.85. The molecule has 1 heterocycles. The highest BCUT2D eigenvalue weighted by Gasteiger charge is 2.28. The third-order valence-corrected chi connectivity index (χ3v) is 4.52. The number of piperazine rings is 1. The summed E-state index contributed by atoms with van der Waals surface area (Å²) in [6.45, 7) is 6.06. The molecule has 0 unspecified atom stereocenters. The van der Waals surface area contributed by atoms with Gasteiger partial charge in [-0.15, -0.1) is 0 Å². The quantitative estimate of drug-likeness (QED) is 0.825. The van der Waals surface area contributed by atoms with Crippen LogP contribution in [0.15, 0.2) is 18.2 Å². The summed E-state index contributed by atoms with van der Waals surface area (Å²) in [6, 6.07) is 4.64. The number of amides is 2. The zero-order valence-electron chi connectivity index (χ0n) is 16.0. The van der Waals surface area contributed by atoms with Crippen molar-refractivity contribution < 1.29 is 19.1 Å². The number of nitrogens with two attached hydrogens (primary N) is 1. The van der Waals surface area contributed by atoms with Gasteiger partial charge in [0.15, 0.2) is 0 Å². The molecule has 0 spiro atoms. The molecule has 1 aromatic rings. The molecular weight excluding hydrogens is 334 g/mol. The first-order chi connectivity index (χ1) is 12.3. The second-order valence-electron chi connectivity index (χ2n) is 6.95. The fourth-order valence-electron chi connectivity index (χ4n) is 3.09. The standard InChI is InChI=1S/C19H29N3O4/c1-13(2)9-17(20)19(24)22-7-5-21(6-8-22)18(23)14-10-15(25-3)12-16(11-14)26-4/h10-13,17H,5-9,20H2,1-4H3/t17-/m0/s1. The maximum Gasteiger partial charge on any atom is 0.254 e. The molecule has 144 valence electrons. The maximum absolute atomic E-state index is 12.8. The predicted molar refractivity (Wildman–Crippen MR) is 99.5 cm³/mol. The molecule has 2 rings (SSSR count). The van der Waals surface area contributed by atoms with E-state index >= 15 is 0 Å². The van der Waals surface area contributed by atoms with Crippen molar-refractivity contribution in [1.29, 1.82) is 0 Å². The lowest BCUT2D eigenvalue weighted by Crippen LogP contribution is -2.54. The highest BCUT2D eigenvalue weighted by molar-refractivity contribution is 5.95. The number of carbonyl (C=O) groups is 2. The van der Waals surface area contributed by atoms with Crippen LogP contribution in [-0.4, -0.2) is 68.1 Å². The SMILES string of the molecule is COc1cc(OC)cc(C(=O)N2CCN(C(=O)[C@@H](N)CC(C)C)CC2)c1. The van der Waals surface area contributed by atoms with Gasteiger partial charge in [-0.1, -0.05) is 13.8 Å². The van der Waals surface area contributed by atoms with Gasteiger partial charge in [0.2, 0.25) is 5.91 Å². The normalized spacial score (nSPS) is 15.8. The van der Waals surface area contributed by atoms with E-state index < -0.39 is 6.04 Å². The lowest BCUT2D eigenvalue weighted by atomic mass is 10.0. The largest absolute Gasteiger partial charge is 0.497 e. The molecule has 1 aromatic carbocycles. The van der Waals surface area contributed by atoms with E-state index in [1.807, 2.05) is 13.8 Å². The summed E-state index contributed by atoms with van der Waals surface area (Å²) in [4.78, 5) is 28.7. The molecule has 0 saturated carbocycles. The first-order valence-electron chi connectivity index (χ1n) is 8.92. The summed E-state index contributed by atoms with van der Waals surface area (Å²) in [5.41, 5.74) is 6.51. The molecule has 0 aliphatic carbocycles. The maximum atomic E-state index is 12.8. The van der Waals surface area contributed by atoms with Crippen LogP contribution in [0.5, 0.6) is 11.5 Å². The summed E-state index contributed by atoms with van der Waals surface area (Å²) >= 11 is 0. The van der Waals surface area contributed by atoms with Gasteiger partial charge in [-0.05, 0) is 24.5 Å². The van der Waals surface area contributed by atoms with E-state index in [-0.39, 0.29) is 11.8 Å². The zero-order chi connectivity index (χ0) is 19.3. The van der Waals surface area contributed by atoms with Crippen molar-refractivity contribution in [3.8, 4) is 11.5 Å². The topological polar surface area (TPSA) is 85.1 Å². The predicted octanol–water partition coefficient (Wildman–Crippen LogP) is 1.36. The minimum atomic E-state index is -0.472. The second-order valence-corrected chi connectivity index (χ2v) is 6.95. The zero-order valence-corrected chi connectivity index (χ0v) is 16.0. The van der Waals surface area contributed by atoms with Gasteiger partial charge in [0.1, 0.15) is 11.5 Å². The van der Waals surface area contributed by atoms with Gasteiger partial charge in [-0.25, -0.2) is 0 Å². The monoisotopic (exact) mass is 363 g/mol. The van der Waals surface area contributed by atoms with E-state index in [1.165, 1.54) is 0 Å². The van der Waals surface area contributed by atoms with Crippen molar-refractivity contribution in [1.82, 2.24) is 9.80 Å². The Morgan fingerprint density at radius 1 is 1.00 bits per heavy atom. The van der Waals surface area contributed by atoms with Gasteiger partial charge >= 0.3 is 0 Å². The minimum absolute atomic E-state index is 0.0335. The Hall–Kier alpha value is -2.28. The van der Waals surface area contributed by atoms with Crippen LogP contribution < -0.4 is 15.2 Å². The molecule has 1 fully saturated rings. The van der Waals surface area contributed by atoms with Crippen molar-refractivity contribution >= 4 is 11.8 Å². The molecule has 1 saturated heterocycles. The minimum Gasteiger partial charge on any atom is -0.497 e. The lowest BCUT2D eigenvalue weighted by Gasteiger charge is -2.36. The summed E-state index contributed by atoms with van der Waals surface area (Å²) in [7, 11) is 3.10. The van der Waals surface area contributed by atoms with Gasteiger partial charge in [-0.2, -0.15) is 0 Å². The molecule has 1 aliphatic heterocycles. The third kappa shape index (κ3) is 4.88. The van der Waals surface area contributed by atoms with E-state index in [1.54, 1.807) is 42.2 Å². The number of carbonyl (C=O) groups excluding carboxylic acids is 2. The smallest absolute Gasteiger partial charge is 0.254 e. The van der Waals surface area contributed by atoms with Crippen LogP contribution in [0, 0.1) is 5.92 Å². The van der Waals surface area contributed by atoms with E-state index in [0.29, 0.717) is 55.6 Å². The van der Waals surface area contributed by atoms with E-state index in [9.17, 15) is 9.59 Å². The van der Waals surface area contributed by atoms with Crippen molar-refractivity contribution in [2.24, 2.45) is 11.7 Å². The van der Waals surface area contributed by atoms with E-state index in [0.717, 1.165) is 0 Å². The van der Waals surface area contributed by atoms with Crippen LogP contribution in [0.25, 0.3) is 0 Å². The first kappa shape index (κ1) is 20.0. The molecule has 7 heteroatoms. The Labute approximate surface area is 155 Å². The second kappa shape index (κ2) is 8.89. The van der Waals surface area contributed by atoms with Crippen molar-refractivity contribution in [3.63, 3.8) is 0 Å². The number of methoxy groups -OCH3 is 2. The molecule has 7 nitrogen and oxygen atoms in total. The Morgan fingerprint density at radius 2 is 1.50 bits per heavy atom. The Morgan fingerprint density at radius 3 is 1.96 bits per heavy atom. The van der Waals surface area contributed by atoms with Crippen molar-refractivity contribution in [2.45, 2.75) is 26.3 Å². The Balaban J connectivity index is 1.99. The van der Waals surface area contributed by atoms with Crippen LogP contribution >= 0.6 is 0 Å². The number of nitrogens with zero attached hydrogens (tertiary/aromatic N) is 2. The number of hydrogen-bond donors (Lipinski definition) is 1. The van der Waals surface area contributed by atoms with E-state index in [4.69, 9.17) is 15.2 Å². The molecule has 0 aromatic heterocycles. The fraction of sp³-hybridized carbons (Fsp3) is 0.579. The molecule has 0 bridgehead atoms. The molecule has 1 aliphatic rings. The average molecular weight is 363 g/mol. The Bertz CT molecular complexity index is 617. The van der Waals surface area contributed by atoms with Crippen LogP contribution in [0.2, 0.25) is 0 Å². The van der Waals surface area contributed by atoms with Gasteiger partial charge in [-0.3, -0.25) is 9.59 Å². The highest BCUT2D eigenvalue weighted by atomic mass is 16.5. The lowest BCUT2D eigenvalue weighted by molar-refractivity contribution is -0.134. The van der Waals surface area contributed by atoms with Gasteiger partial charge in [0, 0.05) is 37.8 Å². The van der Waals surface area contributed by atoms with Crippen LogP contribution in [0.1, 0.15) is 30.6 Å². The number of benzene rings is 1. The van der Waals surface area contributed by atoms with Gasteiger partial charge < -0.3 is 25.0 Å².